The minimum Gasteiger partial charge on any atom is -0.282 e. The van der Waals surface area contributed by atoms with Crippen LogP contribution < -0.4 is 0 Å². The van der Waals surface area contributed by atoms with Crippen molar-refractivity contribution < 1.29 is 0 Å². The van der Waals surface area contributed by atoms with Crippen LogP contribution in [0.15, 0.2) is 0 Å². The molecule has 1 aromatic heterocycles. The van der Waals surface area contributed by atoms with Crippen molar-refractivity contribution >= 4 is 0 Å². The van der Waals surface area contributed by atoms with Crippen LogP contribution >= 0.6 is 0 Å². The fourth-order valence-corrected chi connectivity index (χ4v) is 1.61. The van der Waals surface area contributed by atoms with E-state index in [1.807, 2.05) is 0 Å². The van der Waals surface area contributed by atoms with Gasteiger partial charge in [0.2, 0.25) is 0 Å². The monoisotopic (exact) mass is 147 g/mol. The lowest BCUT2D eigenvalue weighted by Gasteiger charge is -1.88. The summed E-state index contributed by atoms with van der Waals surface area (Å²) in [6.07, 6.45) is 3.87. The van der Waals surface area contributed by atoms with Crippen LogP contribution in [-0.4, -0.2) is 10.2 Å². The van der Waals surface area contributed by atoms with E-state index < -0.39 is 0 Å². The lowest BCUT2D eigenvalue weighted by atomic mass is 10.2. The predicted octanol–water partition coefficient (Wildman–Crippen LogP) is 0.964. The SMILES string of the molecule is N#CCc1n[nH]c2c1CCC2. The predicted molar refractivity (Wildman–Crippen MR) is 39.9 cm³/mol. The highest BCUT2D eigenvalue weighted by Crippen LogP contribution is 2.22. The van der Waals surface area contributed by atoms with Crippen LogP contribution in [0.25, 0.3) is 0 Å². The first kappa shape index (κ1) is 6.41. The van der Waals surface area contributed by atoms with Gasteiger partial charge in [0.15, 0.2) is 0 Å². The Hall–Kier alpha value is -1.30. The van der Waals surface area contributed by atoms with E-state index in [2.05, 4.69) is 16.3 Å². The number of nitrogens with one attached hydrogen (secondary N) is 1. The van der Waals surface area contributed by atoms with Gasteiger partial charge in [-0.05, 0) is 24.8 Å². The molecule has 0 unspecified atom stereocenters. The Labute approximate surface area is 65.0 Å². The van der Waals surface area contributed by atoms with Gasteiger partial charge in [-0.1, -0.05) is 0 Å². The Kier molecular flexibility index (Phi) is 1.39. The van der Waals surface area contributed by atoms with Gasteiger partial charge in [0.05, 0.1) is 18.2 Å². The molecule has 0 aliphatic heterocycles. The van der Waals surface area contributed by atoms with Crippen molar-refractivity contribution in [1.82, 2.24) is 10.2 Å². The van der Waals surface area contributed by atoms with Crippen molar-refractivity contribution in [2.24, 2.45) is 0 Å². The van der Waals surface area contributed by atoms with E-state index in [1.165, 1.54) is 17.7 Å². The Morgan fingerprint density at radius 2 is 2.45 bits per heavy atom. The molecule has 1 aliphatic carbocycles. The average molecular weight is 147 g/mol. The van der Waals surface area contributed by atoms with Gasteiger partial charge in [-0.2, -0.15) is 10.4 Å². The molecule has 0 atom stereocenters. The molecule has 0 fully saturated rings. The van der Waals surface area contributed by atoms with E-state index in [1.54, 1.807) is 0 Å². The van der Waals surface area contributed by atoms with Crippen LogP contribution in [0.1, 0.15) is 23.4 Å². The van der Waals surface area contributed by atoms with E-state index in [-0.39, 0.29) is 0 Å². The van der Waals surface area contributed by atoms with Gasteiger partial charge < -0.3 is 0 Å². The van der Waals surface area contributed by atoms with Gasteiger partial charge >= 0.3 is 0 Å². The Bertz CT molecular complexity index is 306. The molecule has 11 heavy (non-hydrogen) atoms. The highest BCUT2D eigenvalue weighted by molar-refractivity contribution is 5.30. The average Bonchev–Trinajstić information content (AvgIpc) is 2.53. The molecule has 1 aromatic rings. The van der Waals surface area contributed by atoms with E-state index in [9.17, 15) is 0 Å². The summed E-state index contributed by atoms with van der Waals surface area (Å²) in [6, 6.07) is 2.12. The normalized spacial score (nSPS) is 14.5. The quantitative estimate of drug-likeness (QED) is 0.643. The summed E-state index contributed by atoms with van der Waals surface area (Å²) in [5.41, 5.74) is 3.50. The van der Waals surface area contributed by atoms with Crippen LogP contribution in [0.2, 0.25) is 0 Å². The Morgan fingerprint density at radius 1 is 1.55 bits per heavy atom. The van der Waals surface area contributed by atoms with Gasteiger partial charge in [-0.15, -0.1) is 0 Å². The van der Waals surface area contributed by atoms with Gasteiger partial charge in [0, 0.05) is 5.69 Å². The molecule has 3 heteroatoms. The maximum absolute atomic E-state index is 8.47. The van der Waals surface area contributed by atoms with Crippen LogP contribution in [0, 0.1) is 11.3 Å². The number of nitrogens with zero attached hydrogens (tertiary/aromatic N) is 2. The summed E-state index contributed by atoms with van der Waals surface area (Å²) in [6.45, 7) is 0. The first-order chi connectivity index (χ1) is 5.42. The van der Waals surface area contributed by atoms with Gasteiger partial charge in [-0.25, -0.2) is 0 Å². The smallest absolute Gasteiger partial charge is 0.0797 e. The first-order valence-electron chi connectivity index (χ1n) is 3.84. The molecule has 3 nitrogen and oxygen atoms in total. The van der Waals surface area contributed by atoms with Crippen molar-refractivity contribution in [2.45, 2.75) is 25.7 Å². The summed E-state index contributed by atoms with van der Waals surface area (Å²) in [5, 5.41) is 15.5. The van der Waals surface area contributed by atoms with Crippen LogP contribution in [0.4, 0.5) is 0 Å². The Balaban J connectivity index is 2.36. The fraction of sp³-hybridized carbons (Fsp3) is 0.500. The second-order valence-electron chi connectivity index (χ2n) is 2.82. The summed E-state index contributed by atoms with van der Waals surface area (Å²) < 4.78 is 0. The number of H-pyrrole nitrogens is 1. The van der Waals surface area contributed by atoms with Crippen molar-refractivity contribution in [3.63, 3.8) is 0 Å². The summed E-state index contributed by atoms with van der Waals surface area (Å²) >= 11 is 0. The highest BCUT2D eigenvalue weighted by Gasteiger charge is 2.17. The molecule has 2 rings (SSSR count). The third-order valence-corrected chi connectivity index (χ3v) is 2.14. The minimum absolute atomic E-state index is 0.450. The summed E-state index contributed by atoms with van der Waals surface area (Å²) in [5.74, 6) is 0. The molecule has 0 radical (unpaired) electrons. The lowest BCUT2D eigenvalue weighted by Crippen LogP contribution is -1.87. The maximum Gasteiger partial charge on any atom is 0.0797 e. The summed E-state index contributed by atoms with van der Waals surface area (Å²) in [4.78, 5) is 0. The summed E-state index contributed by atoms with van der Waals surface area (Å²) in [7, 11) is 0. The van der Waals surface area contributed by atoms with Crippen molar-refractivity contribution in [3.05, 3.63) is 17.0 Å². The largest absolute Gasteiger partial charge is 0.282 e. The second-order valence-corrected chi connectivity index (χ2v) is 2.82. The van der Waals surface area contributed by atoms with Crippen molar-refractivity contribution in [2.75, 3.05) is 0 Å². The number of nitriles is 1. The van der Waals surface area contributed by atoms with Crippen molar-refractivity contribution in [3.8, 4) is 6.07 Å². The maximum atomic E-state index is 8.47. The topological polar surface area (TPSA) is 52.5 Å². The number of fused-ring (bicyclic) bond motifs is 1. The van der Waals surface area contributed by atoms with Gasteiger partial charge in [0.25, 0.3) is 0 Å². The minimum atomic E-state index is 0.450. The lowest BCUT2D eigenvalue weighted by molar-refractivity contribution is 0.847. The Morgan fingerprint density at radius 3 is 3.27 bits per heavy atom. The molecule has 1 N–H and O–H groups in total. The standard InChI is InChI=1S/C8H9N3/c9-5-4-8-6-2-1-3-7(6)10-11-8/h1-4H2,(H,10,11). The number of aryl methyl sites for hydroxylation is 1. The van der Waals surface area contributed by atoms with E-state index in [4.69, 9.17) is 5.26 Å². The first-order valence-corrected chi connectivity index (χ1v) is 3.84. The number of hydrogen-bond donors (Lipinski definition) is 1. The molecule has 0 saturated heterocycles. The molecule has 1 heterocycles. The molecule has 1 aliphatic rings. The molecular weight excluding hydrogens is 138 g/mol. The second kappa shape index (κ2) is 2.39. The van der Waals surface area contributed by atoms with E-state index in [0.717, 1.165) is 18.5 Å². The molecular formula is C8H9N3. The van der Waals surface area contributed by atoms with E-state index >= 15 is 0 Å². The number of rotatable bonds is 1. The molecule has 0 spiro atoms. The van der Waals surface area contributed by atoms with Gasteiger partial charge in [0.1, 0.15) is 0 Å². The zero-order valence-electron chi connectivity index (χ0n) is 6.22. The number of aromatic amines is 1. The van der Waals surface area contributed by atoms with Crippen LogP contribution in [-0.2, 0) is 19.3 Å². The fourth-order valence-electron chi connectivity index (χ4n) is 1.61. The zero-order valence-corrected chi connectivity index (χ0v) is 6.22. The third-order valence-electron chi connectivity index (χ3n) is 2.14. The van der Waals surface area contributed by atoms with Gasteiger partial charge in [-0.3, -0.25) is 5.10 Å². The van der Waals surface area contributed by atoms with Crippen molar-refractivity contribution in [1.29, 1.82) is 5.26 Å². The highest BCUT2D eigenvalue weighted by atomic mass is 15.1. The molecule has 0 saturated carbocycles. The molecule has 0 bridgehead atoms. The van der Waals surface area contributed by atoms with Crippen LogP contribution in [0.5, 0.6) is 0 Å². The molecule has 56 valence electrons. The zero-order chi connectivity index (χ0) is 7.68. The number of hydrogen-bond acceptors (Lipinski definition) is 2. The third kappa shape index (κ3) is 0.911. The number of aromatic nitrogens is 2. The van der Waals surface area contributed by atoms with E-state index in [0.29, 0.717) is 6.42 Å². The molecule has 0 aromatic carbocycles. The van der Waals surface area contributed by atoms with Crippen LogP contribution in [0.3, 0.4) is 0 Å². The molecule has 0 amide bonds.